The first-order valence-corrected chi connectivity index (χ1v) is 5.34. The van der Waals surface area contributed by atoms with Gasteiger partial charge in [-0.25, -0.2) is 0 Å². The van der Waals surface area contributed by atoms with Gasteiger partial charge in [-0.1, -0.05) is 24.3 Å². The van der Waals surface area contributed by atoms with Crippen molar-refractivity contribution in [2.45, 2.75) is 6.42 Å². The van der Waals surface area contributed by atoms with Gasteiger partial charge in [0.2, 0.25) is 0 Å². The van der Waals surface area contributed by atoms with Crippen LogP contribution in [0.1, 0.15) is 11.1 Å². The van der Waals surface area contributed by atoms with Gasteiger partial charge in [0, 0.05) is 0 Å². The van der Waals surface area contributed by atoms with E-state index in [-0.39, 0.29) is 0 Å². The predicted octanol–water partition coefficient (Wildman–Crippen LogP) is 2.85. The summed E-state index contributed by atoms with van der Waals surface area (Å²) in [4.78, 5) is 0. The number of rotatable bonds is 1. The maximum atomic E-state index is 5.91. The second-order valence-corrected chi connectivity index (χ2v) is 4.09. The minimum Gasteiger partial charge on any atom is -0.495 e. The molecule has 0 fully saturated rings. The zero-order chi connectivity index (χ0) is 11.1. The zero-order valence-corrected chi connectivity index (χ0v) is 9.16. The quantitative estimate of drug-likeness (QED) is 0.628. The molecule has 0 heterocycles. The molecule has 0 amide bonds. The van der Waals surface area contributed by atoms with Gasteiger partial charge in [-0.15, -0.1) is 0 Å². The van der Waals surface area contributed by atoms with E-state index < -0.39 is 0 Å². The van der Waals surface area contributed by atoms with Crippen LogP contribution in [0.25, 0.3) is 11.1 Å². The molecule has 2 nitrogen and oxygen atoms in total. The third-order valence-electron chi connectivity index (χ3n) is 3.14. The summed E-state index contributed by atoms with van der Waals surface area (Å²) in [5, 5.41) is 0. The van der Waals surface area contributed by atoms with E-state index in [0.717, 1.165) is 12.2 Å². The number of nitrogen functional groups attached to an aromatic ring is 1. The molecule has 16 heavy (non-hydrogen) atoms. The number of nitrogens with two attached hydrogens (primary N) is 1. The van der Waals surface area contributed by atoms with Crippen molar-refractivity contribution in [2.75, 3.05) is 12.8 Å². The molecule has 0 aromatic heterocycles. The van der Waals surface area contributed by atoms with Crippen molar-refractivity contribution in [3.63, 3.8) is 0 Å². The van der Waals surface area contributed by atoms with Gasteiger partial charge >= 0.3 is 0 Å². The number of fused-ring (bicyclic) bond motifs is 3. The summed E-state index contributed by atoms with van der Waals surface area (Å²) in [7, 11) is 1.65. The molecule has 0 spiro atoms. The van der Waals surface area contributed by atoms with Crippen LogP contribution in [-0.4, -0.2) is 7.11 Å². The number of benzene rings is 2. The average Bonchev–Trinajstić information content (AvgIpc) is 2.65. The Morgan fingerprint density at radius 3 is 2.69 bits per heavy atom. The van der Waals surface area contributed by atoms with Gasteiger partial charge in [0.25, 0.3) is 0 Å². The van der Waals surface area contributed by atoms with Crippen LogP contribution in [0.5, 0.6) is 5.75 Å². The number of hydrogen-bond donors (Lipinski definition) is 1. The lowest BCUT2D eigenvalue weighted by atomic mass is 10.1. The Balaban J connectivity index is 2.24. The van der Waals surface area contributed by atoms with Crippen LogP contribution in [0, 0.1) is 0 Å². The highest BCUT2D eigenvalue weighted by Crippen LogP contribution is 2.40. The van der Waals surface area contributed by atoms with Gasteiger partial charge in [0.1, 0.15) is 5.75 Å². The fraction of sp³-hybridized carbons (Fsp3) is 0.143. The SMILES string of the molecule is COc1cc2c(cc1N)Cc1ccccc1-2. The Labute approximate surface area is 94.7 Å². The fourth-order valence-electron chi connectivity index (χ4n) is 2.36. The van der Waals surface area contributed by atoms with E-state index >= 15 is 0 Å². The normalized spacial score (nSPS) is 12.1. The van der Waals surface area contributed by atoms with Crippen molar-refractivity contribution >= 4 is 5.69 Å². The number of anilines is 1. The molecule has 2 N–H and O–H groups in total. The molecule has 0 atom stereocenters. The van der Waals surface area contributed by atoms with Gasteiger partial charge in [0.15, 0.2) is 0 Å². The van der Waals surface area contributed by atoms with E-state index in [9.17, 15) is 0 Å². The highest BCUT2D eigenvalue weighted by molar-refractivity contribution is 5.80. The van der Waals surface area contributed by atoms with E-state index in [1.54, 1.807) is 7.11 Å². The van der Waals surface area contributed by atoms with Crippen molar-refractivity contribution in [2.24, 2.45) is 0 Å². The Morgan fingerprint density at radius 2 is 1.88 bits per heavy atom. The zero-order valence-electron chi connectivity index (χ0n) is 9.16. The lowest BCUT2D eigenvalue weighted by molar-refractivity contribution is 0.417. The molecule has 0 bridgehead atoms. The molecule has 0 saturated heterocycles. The van der Waals surface area contributed by atoms with Gasteiger partial charge in [0.05, 0.1) is 12.8 Å². The van der Waals surface area contributed by atoms with Crippen molar-refractivity contribution in [1.82, 2.24) is 0 Å². The smallest absolute Gasteiger partial charge is 0.142 e. The molecule has 2 aromatic rings. The molecule has 80 valence electrons. The maximum absolute atomic E-state index is 5.91. The third kappa shape index (κ3) is 1.20. The highest BCUT2D eigenvalue weighted by atomic mass is 16.5. The number of ether oxygens (including phenoxy) is 1. The van der Waals surface area contributed by atoms with Crippen molar-refractivity contribution < 1.29 is 4.74 Å². The fourth-order valence-corrected chi connectivity index (χ4v) is 2.36. The lowest BCUT2D eigenvalue weighted by Crippen LogP contribution is -1.94. The lowest BCUT2D eigenvalue weighted by Gasteiger charge is -2.07. The van der Waals surface area contributed by atoms with E-state index in [2.05, 4.69) is 24.3 Å². The Bertz CT molecular complexity index is 561. The van der Waals surface area contributed by atoms with Crippen molar-refractivity contribution in [3.8, 4) is 16.9 Å². The minimum absolute atomic E-state index is 0.717. The molecule has 1 aliphatic carbocycles. The molecular weight excluding hydrogens is 198 g/mol. The highest BCUT2D eigenvalue weighted by Gasteiger charge is 2.19. The Hall–Kier alpha value is -1.96. The summed E-state index contributed by atoms with van der Waals surface area (Å²) >= 11 is 0. The van der Waals surface area contributed by atoms with E-state index in [1.165, 1.54) is 22.3 Å². The minimum atomic E-state index is 0.717. The molecule has 0 radical (unpaired) electrons. The summed E-state index contributed by atoms with van der Waals surface area (Å²) in [6.07, 6.45) is 0.972. The van der Waals surface area contributed by atoms with Crippen LogP contribution in [-0.2, 0) is 6.42 Å². The Kier molecular flexibility index (Phi) is 1.90. The van der Waals surface area contributed by atoms with Crippen molar-refractivity contribution in [3.05, 3.63) is 47.5 Å². The second-order valence-electron chi connectivity index (χ2n) is 4.09. The van der Waals surface area contributed by atoms with Gasteiger partial charge in [-0.2, -0.15) is 0 Å². The van der Waals surface area contributed by atoms with Gasteiger partial charge < -0.3 is 10.5 Å². The first-order chi connectivity index (χ1) is 7.79. The molecule has 2 aromatic carbocycles. The van der Waals surface area contributed by atoms with Crippen LogP contribution in [0.3, 0.4) is 0 Å². The summed E-state index contributed by atoms with van der Waals surface area (Å²) in [6, 6.07) is 12.5. The number of hydrogen-bond acceptors (Lipinski definition) is 2. The average molecular weight is 211 g/mol. The molecular formula is C14H13NO. The molecule has 0 saturated carbocycles. The van der Waals surface area contributed by atoms with Crippen LogP contribution < -0.4 is 10.5 Å². The third-order valence-corrected chi connectivity index (χ3v) is 3.14. The van der Waals surface area contributed by atoms with Crippen molar-refractivity contribution in [1.29, 1.82) is 0 Å². The van der Waals surface area contributed by atoms with Crippen LogP contribution in [0.2, 0.25) is 0 Å². The van der Waals surface area contributed by atoms with E-state index in [4.69, 9.17) is 10.5 Å². The molecule has 2 heteroatoms. The summed E-state index contributed by atoms with van der Waals surface area (Å²) in [6.45, 7) is 0. The van der Waals surface area contributed by atoms with E-state index in [0.29, 0.717) is 5.69 Å². The Morgan fingerprint density at radius 1 is 1.06 bits per heavy atom. The summed E-state index contributed by atoms with van der Waals surface area (Å²) in [5.41, 5.74) is 11.8. The van der Waals surface area contributed by atoms with E-state index in [1.807, 2.05) is 12.1 Å². The predicted molar refractivity (Wildman–Crippen MR) is 65.6 cm³/mol. The maximum Gasteiger partial charge on any atom is 0.142 e. The standard InChI is InChI=1S/C14H13NO/c1-16-14-8-12-10(7-13(14)15)6-9-4-2-3-5-11(9)12/h2-5,7-8H,6,15H2,1H3. The largest absolute Gasteiger partial charge is 0.495 e. The topological polar surface area (TPSA) is 35.2 Å². The monoisotopic (exact) mass is 211 g/mol. The summed E-state index contributed by atoms with van der Waals surface area (Å²) < 4.78 is 5.26. The second kappa shape index (κ2) is 3.27. The summed E-state index contributed by atoms with van der Waals surface area (Å²) in [5.74, 6) is 0.760. The van der Waals surface area contributed by atoms with Crippen LogP contribution >= 0.6 is 0 Å². The van der Waals surface area contributed by atoms with Gasteiger partial charge in [-0.3, -0.25) is 0 Å². The van der Waals surface area contributed by atoms with Gasteiger partial charge in [-0.05, 0) is 40.8 Å². The first kappa shape index (κ1) is 9.28. The number of methoxy groups -OCH3 is 1. The molecule has 3 rings (SSSR count). The van der Waals surface area contributed by atoms with Crippen LogP contribution in [0.15, 0.2) is 36.4 Å². The molecule has 1 aliphatic rings. The molecule has 0 aliphatic heterocycles. The molecule has 0 unspecified atom stereocenters. The first-order valence-electron chi connectivity index (χ1n) is 5.34. The van der Waals surface area contributed by atoms with Crippen LogP contribution in [0.4, 0.5) is 5.69 Å².